The molecule has 1 aromatic rings. The number of nitrogens with zero attached hydrogens (tertiary/aromatic N) is 2. The molecule has 5 nitrogen and oxygen atoms in total. The number of carboxylic acid groups (broad SMARTS) is 1. The van der Waals surface area contributed by atoms with E-state index in [-0.39, 0.29) is 5.69 Å². The molecular formula is C12H17N3O2. The van der Waals surface area contributed by atoms with Gasteiger partial charge in [-0.3, -0.25) is 0 Å². The molecule has 2 rings (SSSR count). The van der Waals surface area contributed by atoms with Crippen LogP contribution >= 0.6 is 0 Å². The van der Waals surface area contributed by atoms with E-state index in [1.807, 2.05) is 0 Å². The lowest BCUT2D eigenvalue weighted by Crippen LogP contribution is -2.13. The van der Waals surface area contributed by atoms with Crippen LogP contribution in [-0.2, 0) is 0 Å². The summed E-state index contributed by atoms with van der Waals surface area (Å²) in [5.74, 6) is 1.12. The monoisotopic (exact) mass is 235 g/mol. The second-order valence-electron chi connectivity index (χ2n) is 4.77. The van der Waals surface area contributed by atoms with E-state index in [0.717, 1.165) is 12.5 Å². The van der Waals surface area contributed by atoms with E-state index in [1.165, 1.54) is 25.3 Å². The Morgan fingerprint density at radius 2 is 2.29 bits per heavy atom. The lowest BCUT2D eigenvalue weighted by molar-refractivity contribution is 0.0689. The minimum absolute atomic E-state index is 0.0231. The van der Waals surface area contributed by atoms with Gasteiger partial charge in [0.2, 0.25) is 0 Å². The summed E-state index contributed by atoms with van der Waals surface area (Å²) < 4.78 is 0. The molecule has 1 saturated carbocycles. The number of carboxylic acids is 1. The second-order valence-corrected chi connectivity index (χ2v) is 4.77. The second kappa shape index (κ2) is 5.12. The van der Waals surface area contributed by atoms with Crippen molar-refractivity contribution in [2.75, 3.05) is 11.9 Å². The Hall–Kier alpha value is -1.65. The van der Waals surface area contributed by atoms with E-state index in [9.17, 15) is 4.79 Å². The highest BCUT2D eigenvalue weighted by atomic mass is 16.4. The molecule has 0 saturated heterocycles. The number of aromatic nitrogens is 2. The van der Waals surface area contributed by atoms with E-state index in [0.29, 0.717) is 11.7 Å². The molecule has 0 amide bonds. The Morgan fingerprint density at radius 1 is 1.47 bits per heavy atom. The summed E-state index contributed by atoms with van der Waals surface area (Å²) in [7, 11) is 0. The van der Waals surface area contributed by atoms with Crippen molar-refractivity contribution in [2.24, 2.45) is 11.8 Å². The highest BCUT2D eigenvalue weighted by molar-refractivity contribution is 5.85. The quantitative estimate of drug-likeness (QED) is 0.835. The summed E-state index contributed by atoms with van der Waals surface area (Å²) in [5, 5.41) is 19.4. The minimum Gasteiger partial charge on any atom is -0.476 e. The molecule has 1 aromatic heterocycles. The van der Waals surface area contributed by atoms with E-state index < -0.39 is 5.97 Å². The fourth-order valence-electron chi connectivity index (χ4n) is 2.30. The first kappa shape index (κ1) is 11.8. The molecule has 1 aliphatic rings. The Kier molecular flexibility index (Phi) is 3.56. The fraction of sp³-hybridized carbons (Fsp3) is 0.583. The van der Waals surface area contributed by atoms with Gasteiger partial charge in [-0.2, -0.15) is 0 Å². The summed E-state index contributed by atoms with van der Waals surface area (Å²) >= 11 is 0. The zero-order valence-electron chi connectivity index (χ0n) is 9.89. The van der Waals surface area contributed by atoms with Crippen LogP contribution in [0.25, 0.3) is 0 Å². The SMILES string of the molecule is CC1CCC(CNc2ccc(C(=O)O)nn2)C1. The first-order chi connectivity index (χ1) is 8.15. The zero-order chi connectivity index (χ0) is 12.3. The molecule has 0 radical (unpaired) electrons. The van der Waals surface area contributed by atoms with E-state index in [2.05, 4.69) is 22.4 Å². The summed E-state index contributed by atoms with van der Waals surface area (Å²) in [6.07, 6.45) is 3.82. The molecule has 0 aliphatic heterocycles. The normalized spacial score (nSPS) is 23.6. The molecule has 2 N–H and O–H groups in total. The molecule has 0 bridgehead atoms. The van der Waals surface area contributed by atoms with Gasteiger partial charge in [-0.1, -0.05) is 13.3 Å². The summed E-state index contributed by atoms with van der Waals surface area (Å²) in [6.45, 7) is 3.17. The van der Waals surface area contributed by atoms with Crippen LogP contribution in [0.2, 0.25) is 0 Å². The van der Waals surface area contributed by atoms with E-state index in [4.69, 9.17) is 5.11 Å². The van der Waals surface area contributed by atoms with Gasteiger partial charge in [0, 0.05) is 6.54 Å². The maximum Gasteiger partial charge on any atom is 0.356 e. The van der Waals surface area contributed by atoms with Gasteiger partial charge < -0.3 is 10.4 Å². The number of nitrogens with one attached hydrogen (secondary N) is 1. The molecule has 2 unspecified atom stereocenters. The Morgan fingerprint density at radius 3 is 2.82 bits per heavy atom. The van der Waals surface area contributed by atoms with Crippen molar-refractivity contribution in [3.63, 3.8) is 0 Å². The maximum atomic E-state index is 10.6. The zero-order valence-corrected chi connectivity index (χ0v) is 9.89. The smallest absolute Gasteiger partial charge is 0.356 e. The third-order valence-electron chi connectivity index (χ3n) is 3.26. The van der Waals surface area contributed by atoms with Crippen molar-refractivity contribution in [1.82, 2.24) is 10.2 Å². The third kappa shape index (κ3) is 3.15. The number of rotatable bonds is 4. The fourth-order valence-corrected chi connectivity index (χ4v) is 2.30. The van der Waals surface area contributed by atoms with Gasteiger partial charge in [0.05, 0.1) is 0 Å². The van der Waals surface area contributed by atoms with Crippen LogP contribution in [0.3, 0.4) is 0 Å². The van der Waals surface area contributed by atoms with E-state index in [1.54, 1.807) is 6.07 Å². The van der Waals surface area contributed by atoms with Gasteiger partial charge in [0.1, 0.15) is 5.82 Å². The van der Waals surface area contributed by atoms with Gasteiger partial charge in [-0.15, -0.1) is 10.2 Å². The Labute approximate surface area is 100 Å². The predicted molar refractivity (Wildman–Crippen MR) is 64.0 cm³/mol. The number of carbonyl (C=O) groups is 1. The number of aromatic carboxylic acids is 1. The largest absolute Gasteiger partial charge is 0.476 e. The van der Waals surface area contributed by atoms with Gasteiger partial charge in [-0.25, -0.2) is 4.79 Å². The topological polar surface area (TPSA) is 75.1 Å². The lowest BCUT2D eigenvalue weighted by atomic mass is 10.1. The average molecular weight is 235 g/mol. The van der Waals surface area contributed by atoms with Crippen LogP contribution in [0, 0.1) is 11.8 Å². The van der Waals surface area contributed by atoms with Crippen molar-refractivity contribution in [3.05, 3.63) is 17.8 Å². The molecule has 1 aliphatic carbocycles. The van der Waals surface area contributed by atoms with Crippen LogP contribution in [-0.4, -0.2) is 27.8 Å². The molecule has 17 heavy (non-hydrogen) atoms. The molecule has 5 heteroatoms. The summed E-state index contributed by atoms with van der Waals surface area (Å²) in [5.41, 5.74) is -0.0231. The van der Waals surface area contributed by atoms with Crippen molar-refractivity contribution in [2.45, 2.75) is 26.2 Å². The highest BCUT2D eigenvalue weighted by Crippen LogP contribution is 2.30. The molecule has 1 fully saturated rings. The number of anilines is 1. The molecule has 2 atom stereocenters. The van der Waals surface area contributed by atoms with Crippen LogP contribution in [0.15, 0.2) is 12.1 Å². The lowest BCUT2D eigenvalue weighted by Gasteiger charge is -2.10. The summed E-state index contributed by atoms with van der Waals surface area (Å²) in [6, 6.07) is 3.13. The van der Waals surface area contributed by atoms with Crippen LogP contribution in [0.5, 0.6) is 0 Å². The van der Waals surface area contributed by atoms with E-state index >= 15 is 0 Å². The van der Waals surface area contributed by atoms with Crippen molar-refractivity contribution >= 4 is 11.8 Å². The molecule has 0 spiro atoms. The maximum absolute atomic E-state index is 10.6. The standard InChI is InChI=1S/C12H17N3O2/c1-8-2-3-9(6-8)7-13-11-5-4-10(12(16)17)14-15-11/h4-5,8-9H,2-3,6-7H2,1H3,(H,13,15)(H,16,17). The van der Waals surface area contributed by atoms with Gasteiger partial charge in [0.15, 0.2) is 5.69 Å². The van der Waals surface area contributed by atoms with Gasteiger partial charge in [0.25, 0.3) is 0 Å². The van der Waals surface area contributed by atoms with Crippen molar-refractivity contribution < 1.29 is 9.90 Å². The Balaban J connectivity index is 1.85. The Bertz CT molecular complexity index is 391. The predicted octanol–water partition coefficient (Wildman–Crippen LogP) is 2.02. The summed E-state index contributed by atoms with van der Waals surface area (Å²) in [4.78, 5) is 10.6. The van der Waals surface area contributed by atoms with Crippen molar-refractivity contribution in [3.8, 4) is 0 Å². The van der Waals surface area contributed by atoms with Crippen LogP contribution < -0.4 is 5.32 Å². The van der Waals surface area contributed by atoms with Gasteiger partial charge in [-0.05, 0) is 36.8 Å². The minimum atomic E-state index is -1.05. The number of hydrogen-bond donors (Lipinski definition) is 2. The van der Waals surface area contributed by atoms with Crippen molar-refractivity contribution in [1.29, 1.82) is 0 Å². The molecular weight excluding hydrogens is 218 g/mol. The first-order valence-electron chi connectivity index (χ1n) is 5.96. The molecule has 0 aromatic carbocycles. The van der Waals surface area contributed by atoms with Crippen LogP contribution in [0.4, 0.5) is 5.82 Å². The third-order valence-corrected chi connectivity index (χ3v) is 3.26. The number of hydrogen-bond acceptors (Lipinski definition) is 4. The van der Waals surface area contributed by atoms with Gasteiger partial charge >= 0.3 is 5.97 Å². The molecule has 1 heterocycles. The average Bonchev–Trinajstić information content (AvgIpc) is 2.73. The molecule has 92 valence electrons. The highest BCUT2D eigenvalue weighted by Gasteiger charge is 2.20. The first-order valence-corrected chi connectivity index (χ1v) is 5.96. The van der Waals surface area contributed by atoms with Crippen LogP contribution in [0.1, 0.15) is 36.7 Å².